The predicted octanol–water partition coefficient (Wildman–Crippen LogP) is 3.46. The van der Waals surface area contributed by atoms with Crippen LogP contribution in [-0.4, -0.2) is 29.9 Å². The highest BCUT2D eigenvalue weighted by atomic mass is 16.5. The fourth-order valence-corrected chi connectivity index (χ4v) is 3.16. The fraction of sp³-hybridized carbons (Fsp3) is 0.318. The van der Waals surface area contributed by atoms with Crippen LogP contribution in [0.15, 0.2) is 48.5 Å². The van der Waals surface area contributed by atoms with Crippen molar-refractivity contribution in [1.29, 1.82) is 0 Å². The summed E-state index contributed by atoms with van der Waals surface area (Å²) in [6.45, 7) is 5.60. The summed E-state index contributed by atoms with van der Waals surface area (Å²) in [5, 5.41) is 2.71. The van der Waals surface area contributed by atoms with Crippen LogP contribution in [0.1, 0.15) is 59.5 Å². The molecule has 0 bridgehead atoms. The quantitative estimate of drug-likeness (QED) is 0.802. The van der Waals surface area contributed by atoms with E-state index in [9.17, 15) is 14.4 Å². The van der Waals surface area contributed by atoms with Crippen LogP contribution in [0, 0.1) is 0 Å². The molecule has 1 aliphatic heterocycles. The molecule has 1 unspecified atom stereocenters. The van der Waals surface area contributed by atoms with Crippen LogP contribution >= 0.6 is 0 Å². The van der Waals surface area contributed by atoms with Gasteiger partial charge in [-0.1, -0.05) is 30.3 Å². The molecular weight excluding hydrogens is 358 g/mol. The topological polar surface area (TPSA) is 81.7 Å². The van der Waals surface area contributed by atoms with Crippen molar-refractivity contribution in [1.82, 2.24) is 5.32 Å². The minimum Gasteiger partial charge on any atom is -0.487 e. The van der Waals surface area contributed by atoms with Gasteiger partial charge in [0, 0.05) is 5.56 Å². The fourth-order valence-electron chi connectivity index (χ4n) is 3.16. The summed E-state index contributed by atoms with van der Waals surface area (Å²) in [6, 6.07) is 12.6. The van der Waals surface area contributed by atoms with Crippen LogP contribution in [0.5, 0.6) is 5.75 Å². The SMILES string of the molecule is CCOC(=O)C(NC(=O)c1ccc2c(c1)C(=O)CC(C)(C)O2)c1ccccc1. The number of benzene rings is 2. The summed E-state index contributed by atoms with van der Waals surface area (Å²) in [7, 11) is 0. The number of ether oxygens (including phenoxy) is 2. The molecular formula is C22H23NO5. The molecule has 0 saturated carbocycles. The van der Waals surface area contributed by atoms with E-state index in [2.05, 4.69) is 5.32 Å². The van der Waals surface area contributed by atoms with Crippen molar-refractivity contribution in [2.75, 3.05) is 6.61 Å². The smallest absolute Gasteiger partial charge is 0.333 e. The average Bonchev–Trinajstić information content (AvgIpc) is 2.65. The molecule has 1 N–H and O–H groups in total. The Hall–Kier alpha value is -3.15. The molecule has 1 amide bonds. The van der Waals surface area contributed by atoms with E-state index < -0.39 is 23.5 Å². The molecule has 1 aliphatic rings. The van der Waals surface area contributed by atoms with Gasteiger partial charge in [-0.25, -0.2) is 4.79 Å². The molecule has 1 atom stereocenters. The molecule has 6 heteroatoms. The average molecular weight is 381 g/mol. The number of esters is 1. The summed E-state index contributed by atoms with van der Waals surface area (Å²) in [5.74, 6) is -0.628. The highest BCUT2D eigenvalue weighted by molar-refractivity contribution is 6.04. The Morgan fingerprint density at radius 2 is 1.89 bits per heavy atom. The van der Waals surface area contributed by atoms with Crippen molar-refractivity contribution < 1.29 is 23.9 Å². The van der Waals surface area contributed by atoms with Crippen molar-refractivity contribution in [2.24, 2.45) is 0 Å². The first-order valence-electron chi connectivity index (χ1n) is 9.19. The maximum atomic E-state index is 12.8. The number of rotatable bonds is 5. The molecule has 146 valence electrons. The number of fused-ring (bicyclic) bond motifs is 1. The molecule has 0 saturated heterocycles. The van der Waals surface area contributed by atoms with Gasteiger partial charge in [0.1, 0.15) is 11.4 Å². The van der Waals surface area contributed by atoms with Crippen LogP contribution < -0.4 is 10.1 Å². The number of carbonyl (C=O) groups is 3. The van der Waals surface area contributed by atoms with E-state index in [1.54, 1.807) is 43.3 Å². The van der Waals surface area contributed by atoms with E-state index in [-0.39, 0.29) is 24.4 Å². The molecule has 6 nitrogen and oxygen atoms in total. The maximum absolute atomic E-state index is 12.8. The molecule has 2 aromatic carbocycles. The van der Waals surface area contributed by atoms with E-state index in [0.29, 0.717) is 16.9 Å². The normalized spacial score (nSPS) is 15.8. The number of hydrogen-bond donors (Lipinski definition) is 1. The monoisotopic (exact) mass is 381 g/mol. The van der Waals surface area contributed by atoms with Crippen molar-refractivity contribution in [3.63, 3.8) is 0 Å². The van der Waals surface area contributed by atoms with Gasteiger partial charge < -0.3 is 14.8 Å². The van der Waals surface area contributed by atoms with Gasteiger partial charge in [0.25, 0.3) is 5.91 Å². The second-order valence-electron chi connectivity index (χ2n) is 7.24. The van der Waals surface area contributed by atoms with E-state index in [4.69, 9.17) is 9.47 Å². The summed E-state index contributed by atoms with van der Waals surface area (Å²) >= 11 is 0. The molecule has 0 aromatic heterocycles. The lowest BCUT2D eigenvalue weighted by Crippen LogP contribution is -2.37. The number of nitrogens with one attached hydrogen (secondary N) is 1. The predicted molar refractivity (Wildman–Crippen MR) is 103 cm³/mol. The number of Topliss-reactive ketones (excluding diaryl/α,β-unsaturated/α-hetero) is 1. The molecule has 0 fully saturated rings. The molecule has 0 aliphatic carbocycles. The Balaban J connectivity index is 1.86. The summed E-state index contributed by atoms with van der Waals surface area (Å²) in [4.78, 5) is 37.6. The zero-order valence-electron chi connectivity index (χ0n) is 16.2. The van der Waals surface area contributed by atoms with Crippen LogP contribution in [0.2, 0.25) is 0 Å². The van der Waals surface area contributed by atoms with Gasteiger partial charge in [-0.05, 0) is 44.5 Å². The van der Waals surface area contributed by atoms with Crippen molar-refractivity contribution in [3.05, 3.63) is 65.2 Å². The van der Waals surface area contributed by atoms with Gasteiger partial charge in [-0.2, -0.15) is 0 Å². The van der Waals surface area contributed by atoms with Crippen LogP contribution in [0.25, 0.3) is 0 Å². The second kappa shape index (κ2) is 7.84. The molecule has 28 heavy (non-hydrogen) atoms. The van der Waals surface area contributed by atoms with E-state index in [1.165, 1.54) is 6.07 Å². The third-order valence-corrected chi connectivity index (χ3v) is 4.45. The molecule has 3 rings (SSSR count). The standard InChI is InChI=1S/C22H23NO5/c1-4-27-21(26)19(14-8-6-5-7-9-14)23-20(25)15-10-11-18-16(12-15)17(24)13-22(2,3)28-18/h5-12,19H,4,13H2,1-3H3,(H,23,25). The van der Waals surface area contributed by atoms with Crippen molar-refractivity contribution in [2.45, 2.75) is 38.8 Å². The van der Waals surface area contributed by atoms with Crippen LogP contribution in [0.4, 0.5) is 0 Å². The Kier molecular flexibility index (Phi) is 5.49. The van der Waals surface area contributed by atoms with Gasteiger partial charge >= 0.3 is 5.97 Å². The third-order valence-electron chi connectivity index (χ3n) is 4.45. The van der Waals surface area contributed by atoms with Gasteiger partial charge in [-0.15, -0.1) is 0 Å². The Morgan fingerprint density at radius 3 is 2.57 bits per heavy atom. The summed E-state index contributed by atoms with van der Waals surface area (Å²) in [5.41, 5.74) is 0.698. The first-order valence-corrected chi connectivity index (χ1v) is 9.19. The zero-order chi connectivity index (χ0) is 20.3. The number of amides is 1. The second-order valence-corrected chi connectivity index (χ2v) is 7.24. The summed E-state index contributed by atoms with van der Waals surface area (Å²) in [6.07, 6.45) is 0.237. The van der Waals surface area contributed by atoms with Crippen LogP contribution in [-0.2, 0) is 9.53 Å². The largest absolute Gasteiger partial charge is 0.487 e. The minimum absolute atomic E-state index is 0.0779. The molecule has 0 radical (unpaired) electrons. The zero-order valence-corrected chi connectivity index (χ0v) is 16.2. The third kappa shape index (κ3) is 4.22. The summed E-state index contributed by atoms with van der Waals surface area (Å²) < 4.78 is 10.9. The first-order chi connectivity index (χ1) is 13.3. The highest BCUT2D eigenvalue weighted by Gasteiger charge is 2.33. The Morgan fingerprint density at radius 1 is 1.18 bits per heavy atom. The molecule has 0 spiro atoms. The van der Waals surface area contributed by atoms with Gasteiger partial charge in [-0.3, -0.25) is 9.59 Å². The lowest BCUT2D eigenvalue weighted by molar-refractivity contribution is -0.145. The van der Waals surface area contributed by atoms with Gasteiger partial charge in [0.05, 0.1) is 18.6 Å². The maximum Gasteiger partial charge on any atom is 0.333 e. The Labute approximate surface area is 163 Å². The van der Waals surface area contributed by atoms with Crippen molar-refractivity contribution in [3.8, 4) is 5.75 Å². The number of ketones is 1. The van der Waals surface area contributed by atoms with Gasteiger partial charge in [0.15, 0.2) is 11.8 Å². The highest BCUT2D eigenvalue weighted by Crippen LogP contribution is 2.33. The number of hydrogen-bond acceptors (Lipinski definition) is 5. The molecule has 2 aromatic rings. The lowest BCUT2D eigenvalue weighted by atomic mass is 9.92. The first kappa shape index (κ1) is 19.6. The minimum atomic E-state index is -0.935. The van der Waals surface area contributed by atoms with E-state index in [1.807, 2.05) is 19.9 Å². The van der Waals surface area contributed by atoms with E-state index in [0.717, 1.165) is 0 Å². The van der Waals surface area contributed by atoms with Crippen molar-refractivity contribution >= 4 is 17.7 Å². The van der Waals surface area contributed by atoms with E-state index >= 15 is 0 Å². The number of carbonyl (C=O) groups excluding carboxylic acids is 3. The van der Waals surface area contributed by atoms with Crippen LogP contribution in [0.3, 0.4) is 0 Å². The van der Waals surface area contributed by atoms with Gasteiger partial charge in [0.2, 0.25) is 0 Å². The molecule has 1 heterocycles. The lowest BCUT2D eigenvalue weighted by Gasteiger charge is -2.31. The Bertz CT molecular complexity index is 904.